The lowest BCUT2D eigenvalue weighted by Gasteiger charge is -2.34. The summed E-state index contributed by atoms with van der Waals surface area (Å²) in [6.45, 7) is 7.66. The quantitative estimate of drug-likeness (QED) is 0.684. The third-order valence-corrected chi connectivity index (χ3v) is 3.89. The van der Waals surface area contributed by atoms with Crippen LogP contribution in [0.5, 0.6) is 0 Å². The number of hydrogen-bond donors (Lipinski definition) is 0. The van der Waals surface area contributed by atoms with E-state index in [4.69, 9.17) is 0 Å². The van der Waals surface area contributed by atoms with Gasteiger partial charge in [0.15, 0.2) is 5.78 Å². The van der Waals surface area contributed by atoms with Gasteiger partial charge in [0.1, 0.15) is 0 Å². The number of carbonyl (C=O) groups is 1. The first-order chi connectivity index (χ1) is 8.47. The molecule has 100 valence electrons. The largest absolute Gasteiger partial charge is 0.301 e. The van der Waals surface area contributed by atoms with Crippen molar-refractivity contribution in [1.29, 1.82) is 0 Å². The third-order valence-electron chi connectivity index (χ3n) is 3.89. The molecule has 0 N–H and O–H groups in total. The zero-order valence-electron chi connectivity index (χ0n) is 12.1. The molecule has 0 aliphatic carbocycles. The fourth-order valence-corrected chi connectivity index (χ4v) is 1.82. The smallest absolute Gasteiger partial charge is 0.162 e. The summed E-state index contributed by atoms with van der Waals surface area (Å²) in [6, 6.07) is 9.55. The Labute approximate surface area is 111 Å². The van der Waals surface area contributed by atoms with E-state index in [0.29, 0.717) is 6.42 Å². The molecule has 0 radical (unpaired) electrons. The van der Waals surface area contributed by atoms with Gasteiger partial charge in [-0.3, -0.25) is 4.79 Å². The summed E-state index contributed by atoms with van der Waals surface area (Å²) in [5.74, 6) is 0.248. The van der Waals surface area contributed by atoms with E-state index in [2.05, 4.69) is 32.7 Å². The lowest BCUT2D eigenvalue weighted by atomic mass is 9.99. The van der Waals surface area contributed by atoms with E-state index in [1.165, 1.54) is 0 Å². The van der Waals surface area contributed by atoms with Crippen LogP contribution in [0.25, 0.3) is 0 Å². The number of nitrogens with zero attached hydrogens (tertiary/aromatic N) is 1. The van der Waals surface area contributed by atoms with E-state index in [0.717, 1.165) is 24.9 Å². The van der Waals surface area contributed by atoms with Crippen LogP contribution in [0.15, 0.2) is 30.3 Å². The van der Waals surface area contributed by atoms with Crippen molar-refractivity contribution < 1.29 is 4.79 Å². The minimum atomic E-state index is 0.218. The molecule has 0 atom stereocenters. The van der Waals surface area contributed by atoms with Crippen molar-refractivity contribution in [3.05, 3.63) is 35.9 Å². The Balaban J connectivity index is 2.37. The van der Waals surface area contributed by atoms with E-state index in [1.54, 1.807) is 0 Å². The van der Waals surface area contributed by atoms with Crippen LogP contribution >= 0.6 is 0 Å². The van der Waals surface area contributed by atoms with Crippen LogP contribution in [-0.4, -0.2) is 29.8 Å². The van der Waals surface area contributed by atoms with Gasteiger partial charge in [-0.05, 0) is 40.3 Å². The first-order valence-electron chi connectivity index (χ1n) is 6.77. The Kier molecular flexibility index (Phi) is 5.54. The number of carbonyl (C=O) groups excluding carboxylic acids is 1. The molecule has 0 bridgehead atoms. The lowest BCUT2D eigenvalue weighted by molar-refractivity contribution is 0.0961. The average Bonchev–Trinajstić information content (AvgIpc) is 2.39. The van der Waals surface area contributed by atoms with E-state index in [9.17, 15) is 4.79 Å². The molecule has 2 nitrogen and oxygen atoms in total. The number of ketones is 1. The molecular formula is C16H25NO. The van der Waals surface area contributed by atoms with Crippen LogP contribution in [0.4, 0.5) is 0 Å². The summed E-state index contributed by atoms with van der Waals surface area (Å²) in [7, 11) is 2.14. The molecule has 0 saturated carbocycles. The van der Waals surface area contributed by atoms with Gasteiger partial charge in [0.05, 0.1) is 0 Å². The average molecular weight is 247 g/mol. The standard InChI is InChI=1S/C16H25NO/c1-5-16(2,3)17(4)13-9-12-15(18)14-10-7-6-8-11-14/h6-8,10-11H,5,9,12-13H2,1-4H3. The van der Waals surface area contributed by atoms with Crippen LogP contribution in [0.3, 0.4) is 0 Å². The van der Waals surface area contributed by atoms with Crippen LogP contribution in [-0.2, 0) is 0 Å². The first kappa shape index (κ1) is 14.9. The van der Waals surface area contributed by atoms with E-state index >= 15 is 0 Å². The number of Topliss-reactive ketones (excluding diaryl/α,β-unsaturated/α-hetero) is 1. The molecule has 18 heavy (non-hydrogen) atoms. The molecule has 0 unspecified atom stereocenters. The molecule has 0 aromatic heterocycles. The summed E-state index contributed by atoms with van der Waals surface area (Å²) in [5, 5.41) is 0. The molecule has 2 heteroatoms. The highest BCUT2D eigenvalue weighted by atomic mass is 16.1. The van der Waals surface area contributed by atoms with Gasteiger partial charge < -0.3 is 4.90 Å². The van der Waals surface area contributed by atoms with Crippen molar-refractivity contribution in [1.82, 2.24) is 4.90 Å². The Morgan fingerprint density at radius 3 is 2.39 bits per heavy atom. The van der Waals surface area contributed by atoms with Gasteiger partial charge in [-0.25, -0.2) is 0 Å². The highest BCUT2D eigenvalue weighted by molar-refractivity contribution is 5.95. The monoisotopic (exact) mass is 247 g/mol. The maximum Gasteiger partial charge on any atom is 0.162 e. The normalized spacial score (nSPS) is 11.8. The molecule has 0 fully saturated rings. The van der Waals surface area contributed by atoms with Gasteiger partial charge in [-0.2, -0.15) is 0 Å². The number of rotatable bonds is 7. The second kappa shape index (κ2) is 6.69. The highest BCUT2D eigenvalue weighted by Crippen LogP contribution is 2.17. The fraction of sp³-hybridized carbons (Fsp3) is 0.562. The zero-order valence-corrected chi connectivity index (χ0v) is 12.1. The van der Waals surface area contributed by atoms with Crippen LogP contribution in [0, 0.1) is 0 Å². The second-order valence-electron chi connectivity index (χ2n) is 5.48. The van der Waals surface area contributed by atoms with Crippen molar-refractivity contribution in [2.24, 2.45) is 0 Å². The molecule has 1 aromatic rings. The van der Waals surface area contributed by atoms with Crippen LogP contribution in [0.1, 0.15) is 50.4 Å². The molecule has 0 saturated heterocycles. The summed E-state index contributed by atoms with van der Waals surface area (Å²) < 4.78 is 0. The minimum absolute atomic E-state index is 0.218. The molecule has 0 aliphatic heterocycles. The predicted octanol–water partition coefficient (Wildman–Crippen LogP) is 3.77. The predicted molar refractivity (Wildman–Crippen MR) is 77.0 cm³/mol. The van der Waals surface area contributed by atoms with E-state index in [-0.39, 0.29) is 11.3 Å². The van der Waals surface area contributed by atoms with Gasteiger partial charge in [0.25, 0.3) is 0 Å². The summed E-state index contributed by atoms with van der Waals surface area (Å²) in [4.78, 5) is 14.3. The SMILES string of the molecule is CCC(C)(C)N(C)CCCC(=O)c1ccccc1. The minimum Gasteiger partial charge on any atom is -0.301 e. The third kappa shape index (κ3) is 4.26. The molecule has 0 amide bonds. The lowest BCUT2D eigenvalue weighted by Crippen LogP contribution is -2.41. The fourth-order valence-electron chi connectivity index (χ4n) is 1.82. The maximum absolute atomic E-state index is 11.9. The van der Waals surface area contributed by atoms with Gasteiger partial charge in [0.2, 0.25) is 0 Å². The van der Waals surface area contributed by atoms with Crippen molar-refractivity contribution in [3.8, 4) is 0 Å². The Morgan fingerprint density at radius 2 is 1.83 bits per heavy atom. The molecule has 0 aliphatic rings. The Hall–Kier alpha value is -1.15. The van der Waals surface area contributed by atoms with Gasteiger partial charge in [-0.1, -0.05) is 37.3 Å². The topological polar surface area (TPSA) is 20.3 Å². The van der Waals surface area contributed by atoms with Gasteiger partial charge >= 0.3 is 0 Å². The molecule has 1 rings (SSSR count). The van der Waals surface area contributed by atoms with Crippen LogP contribution in [0.2, 0.25) is 0 Å². The Bertz CT molecular complexity index is 370. The zero-order chi connectivity index (χ0) is 13.6. The summed E-state index contributed by atoms with van der Waals surface area (Å²) in [5.41, 5.74) is 1.05. The van der Waals surface area contributed by atoms with Crippen molar-refractivity contribution in [3.63, 3.8) is 0 Å². The summed E-state index contributed by atoms with van der Waals surface area (Å²) >= 11 is 0. The van der Waals surface area contributed by atoms with Crippen molar-refractivity contribution in [2.75, 3.05) is 13.6 Å². The maximum atomic E-state index is 11.9. The second-order valence-corrected chi connectivity index (χ2v) is 5.48. The summed E-state index contributed by atoms with van der Waals surface area (Å²) in [6.07, 6.45) is 2.68. The molecule has 1 aromatic carbocycles. The van der Waals surface area contributed by atoms with E-state index < -0.39 is 0 Å². The van der Waals surface area contributed by atoms with Crippen molar-refractivity contribution in [2.45, 2.75) is 45.6 Å². The first-order valence-corrected chi connectivity index (χ1v) is 6.77. The van der Waals surface area contributed by atoms with Crippen LogP contribution < -0.4 is 0 Å². The number of benzene rings is 1. The highest BCUT2D eigenvalue weighted by Gasteiger charge is 2.20. The molecule has 0 spiro atoms. The van der Waals surface area contributed by atoms with E-state index in [1.807, 2.05) is 30.3 Å². The van der Waals surface area contributed by atoms with Crippen molar-refractivity contribution >= 4 is 5.78 Å². The van der Waals surface area contributed by atoms with Gasteiger partial charge in [-0.15, -0.1) is 0 Å². The number of hydrogen-bond acceptors (Lipinski definition) is 2. The molecular weight excluding hydrogens is 222 g/mol. The Morgan fingerprint density at radius 1 is 1.22 bits per heavy atom. The van der Waals surface area contributed by atoms with Gasteiger partial charge in [0, 0.05) is 17.5 Å². The molecule has 0 heterocycles.